The van der Waals surface area contributed by atoms with Gasteiger partial charge in [-0.25, -0.2) is 0 Å². The zero-order valence-corrected chi connectivity index (χ0v) is 17.6. The van der Waals surface area contributed by atoms with Gasteiger partial charge in [-0.05, 0) is 55.9 Å². The van der Waals surface area contributed by atoms with Crippen molar-refractivity contribution in [2.24, 2.45) is 0 Å². The minimum atomic E-state index is -0.314. The summed E-state index contributed by atoms with van der Waals surface area (Å²) in [5.74, 6) is -0.0632. The Bertz CT molecular complexity index is 808. The Morgan fingerprint density at radius 3 is 2.50 bits per heavy atom. The number of anilines is 2. The SMILES string of the molecule is C[C@@H](C(=O)Nc1ccc(N2CCOCC2)cc1)N(C)Cc1ccc(Cl)cc1Cl. The van der Waals surface area contributed by atoms with Crippen LogP contribution in [0.4, 0.5) is 11.4 Å². The first kappa shape index (κ1) is 20.9. The highest BCUT2D eigenvalue weighted by molar-refractivity contribution is 6.35. The second-order valence-electron chi connectivity index (χ2n) is 6.96. The Balaban J connectivity index is 1.57. The largest absolute Gasteiger partial charge is 0.378 e. The van der Waals surface area contributed by atoms with Crippen LogP contribution in [0, 0.1) is 0 Å². The first-order chi connectivity index (χ1) is 13.4. The maximum Gasteiger partial charge on any atom is 0.241 e. The van der Waals surface area contributed by atoms with Crippen molar-refractivity contribution in [3.8, 4) is 0 Å². The Kier molecular flexibility index (Phi) is 7.18. The third-order valence-electron chi connectivity index (χ3n) is 4.99. The number of rotatable bonds is 6. The summed E-state index contributed by atoms with van der Waals surface area (Å²) < 4.78 is 5.38. The lowest BCUT2D eigenvalue weighted by Crippen LogP contribution is -2.39. The zero-order chi connectivity index (χ0) is 20.1. The van der Waals surface area contributed by atoms with Crippen LogP contribution in [0.1, 0.15) is 12.5 Å². The average Bonchev–Trinajstić information content (AvgIpc) is 2.70. The molecule has 0 aliphatic carbocycles. The van der Waals surface area contributed by atoms with Crippen molar-refractivity contribution in [1.82, 2.24) is 4.90 Å². The number of amides is 1. The number of hydrogen-bond donors (Lipinski definition) is 1. The average molecular weight is 422 g/mol. The van der Waals surface area contributed by atoms with E-state index in [0.717, 1.165) is 43.2 Å². The molecule has 28 heavy (non-hydrogen) atoms. The molecule has 1 heterocycles. The van der Waals surface area contributed by atoms with Crippen molar-refractivity contribution < 1.29 is 9.53 Å². The van der Waals surface area contributed by atoms with Crippen LogP contribution < -0.4 is 10.2 Å². The van der Waals surface area contributed by atoms with Crippen molar-refractivity contribution in [3.05, 3.63) is 58.1 Å². The van der Waals surface area contributed by atoms with Crippen LogP contribution in [-0.4, -0.2) is 50.2 Å². The first-order valence-electron chi connectivity index (χ1n) is 9.32. The maximum atomic E-state index is 12.6. The molecule has 3 rings (SSSR count). The standard InChI is InChI=1S/C21H25Cl2N3O2/c1-15(25(2)14-16-3-4-17(22)13-20(16)23)21(27)24-18-5-7-19(8-6-18)26-9-11-28-12-10-26/h3-8,13,15H,9-12,14H2,1-2H3,(H,24,27)/t15-/m0/s1. The molecule has 0 radical (unpaired) electrons. The molecular weight excluding hydrogens is 397 g/mol. The van der Waals surface area contributed by atoms with Gasteiger partial charge in [0.25, 0.3) is 0 Å². The smallest absolute Gasteiger partial charge is 0.241 e. The summed E-state index contributed by atoms with van der Waals surface area (Å²) in [6.45, 7) is 5.71. The molecule has 1 amide bonds. The highest BCUT2D eigenvalue weighted by Crippen LogP contribution is 2.23. The topological polar surface area (TPSA) is 44.8 Å². The van der Waals surface area contributed by atoms with E-state index in [4.69, 9.17) is 27.9 Å². The van der Waals surface area contributed by atoms with Crippen molar-refractivity contribution in [1.29, 1.82) is 0 Å². The number of carbonyl (C=O) groups is 1. The van der Waals surface area contributed by atoms with Crippen LogP contribution in [0.15, 0.2) is 42.5 Å². The molecule has 2 aromatic carbocycles. The minimum absolute atomic E-state index is 0.0632. The second kappa shape index (κ2) is 9.61. The van der Waals surface area contributed by atoms with Gasteiger partial charge >= 0.3 is 0 Å². The third-order valence-corrected chi connectivity index (χ3v) is 5.57. The molecule has 0 saturated carbocycles. The third kappa shape index (κ3) is 5.39. The molecule has 1 fully saturated rings. The van der Waals surface area contributed by atoms with Gasteiger partial charge in [0.1, 0.15) is 0 Å². The summed E-state index contributed by atoms with van der Waals surface area (Å²) in [5.41, 5.74) is 2.86. The normalized spacial score (nSPS) is 15.5. The van der Waals surface area contributed by atoms with E-state index in [-0.39, 0.29) is 11.9 Å². The summed E-state index contributed by atoms with van der Waals surface area (Å²) in [6.07, 6.45) is 0. The molecule has 0 spiro atoms. The van der Waals surface area contributed by atoms with E-state index < -0.39 is 0 Å². The van der Waals surface area contributed by atoms with E-state index in [2.05, 4.69) is 10.2 Å². The molecule has 1 aliphatic heterocycles. The molecule has 0 bridgehead atoms. The molecular formula is C21H25Cl2N3O2. The van der Waals surface area contributed by atoms with Crippen LogP contribution in [0.3, 0.4) is 0 Å². The van der Waals surface area contributed by atoms with Gasteiger partial charge in [-0.2, -0.15) is 0 Å². The van der Waals surface area contributed by atoms with Crippen molar-refractivity contribution >= 4 is 40.5 Å². The number of nitrogens with one attached hydrogen (secondary N) is 1. The van der Waals surface area contributed by atoms with Crippen LogP contribution in [-0.2, 0) is 16.1 Å². The van der Waals surface area contributed by atoms with Crippen molar-refractivity contribution in [2.45, 2.75) is 19.5 Å². The van der Waals surface area contributed by atoms with Crippen LogP contribution in [0.25, 0.3) is 0 Å². The Morgan fingerprint density at radius 1 is 1.18 bits per heavy atom. The second-order valence-corrected chi connectivity index (χ2v) is 7.81. The Hall–Kier alpha value is -1.79. The van der Waals surface area contributed by atoms with E-state index in [9.17, 15) is 4.79 Å². The van der Waals surface area contributed by atoms with E-state index in [1.807, 2.05) is 49.2 Å². The fourth-order valence-corrected chi connectivity index (χ4v) is 3.55. The quantitative estimate of drug-likeness (QED) is 0.755. The summed E-state index contributed by atoms with van der Waals surface area (Å²) in [4.78, 5) is 16.9. The van der Waals surface area contributed by atoms with E-state index in [1.54, 1.807) is 12.1 Å². The van der Waals surface area contributed by atoms with Gasteiger partial charge in [0.2, 0.25) is 5.91 Å². The summed E-state index contributed by atoms with van der Waals surface area (Å²) in [7, 11) is 1.90. The molecule has 1 N–H and O–H groups in total. The number of morpholine rings is 1. The minimum Gasteiger partial charge on any atom is -0.378 e. The van der Waals surface area contributed by atoms with Crippen molar-refractivity contribution in [2.75, 3.05) is 43.6 Å². The summed E-state index contributed by atoms with van der Waals surface area (Å²) in [6, 6.07) is 13.0. The summed E-state index contributed by atoms with van der Waals surface area (Å²) in [5, 5.41) is 4.19. The highest BCUT2D eigenvalue weighted by Gasteiger charge is 2.19. The number of halogens is 2. The van der Waals surface area contributed by atoms with E-state index >= 15 is 0 Å². The molecule has 0 unspecified atom stereocenters. The van der Waals surface area contributed by atoms with Gasteiger partial charge in [-0.3, -0.25) is 9.69 Å². The molecule has 2 aromatic rings. The lowest BCUT2D eigenvalue weighted by Gasteiger charge is -2.29. The lowest BCUT2D eigenvalue weighted by atomic mass is 10.1. The predicted molar refractivity (Wildman–Crippen MR) is 115 cm³/mol. The van der Waals surface area contributed by atoms with Crippen LogP contribution in [0.2, 0.25) is 10.0 Å². The van der Waals surface area contributed by atoms with Gasteiger partial charge in [0, 0.05) is 41.1 Å². The number of carbonyl (C=O) groups excluding carboxylic acids is 1. The predicted octanol–water partition coefficient (Wildman–Crippen LogP) is 4.29. The van der Waals surface area contributed by atoms with E-state index in [1.165, 1.54) is 0 Å². The van der Waals surface area contributed by atoms with Gasteiger partial charge in [0.15, 0.2) is 0 Å². The number of ether oxygens (including phenoxy) is 1. The number of likely N-dealkylation sites (N-methyl/N-ethyl adjacent to an activating group) is 1. The highest BCUT2D eigenvalue weighted by atomic mass is 35.5. The van der Waals surface area contributed by atoms with Gasteiger partial charge in [-0.1, -0.05) is 29.3 Å². The van der Waals surface area contributed by atoms with Gasteiger partial charge < -0.3 is 15.0 Å². The molecule has 7 heteroatoms. The lowest BCUT2D eigenvalue weighted by molar-refractivity contribution is -0.120. The monoisotopic (exact) mass is 421 g/mol. The number of benzene rings is 2. The Labute approximate surface area is 176 Å². The van der Waals surface area contributed by atoms with Gasteiger partial charge in [-0.15, -0.1) is 0 Å². The molecule has 150 valence electrons. The fourth-order valence-electron chi connectivity index (χ4n) is 3.08. The first-order valence-corrected chi connectivity index (χ1v) is 10.1. The number of hydrogen-bond acceptors (Lipinski definition) is 4. The van der Waals surface area contributed by atoms with E-state index in [0.29, 0.717) is 16.6 Å². The molecule has 1 aliphatic rings. The van der Waals surface area contributed by atoms with Gasteiger partial charge in [0.05, 0.1) is 19.3 Å². The number of nitrogens with zero attached hydrogens (tertiary/aromatic N) is 2. The Morgan fingerprint density at radius 2 is 1.86 bits per heavy atom. The summed E-state index contributed by atoms with van der Waals surface area (Å²) >= 11 is 12.2. The molecule has 5 nitrogen and oxygen atoms in total. The fraction of sp³-hybridized carbons (Fsp3) is 0.381. The molecule has 1 saturated heterocycles. The maximum absolute atomic E-state index is 12.6. The molecule has 0 aromatic heterocycles. The van der Waals surface area contributed by atoms with Crippen LogP contribution >= 0.6 is 23.2 Å². The zero-order valence-electron chi connectivity index (χ0n) is 16.1. The molecule has 1 atom stereocenters. The van der Waals surface area contributed by atoms with Crippen LogP contribution in [0.5, 0.6) is 0 Å². The van der Waals surface area contributed by atoms with Crippen molar-refractivity contribution in [3.63, 3.8) is 0 Å².